The Kier molecular flexibility index (Phi) is 6.22. The number of rotatable bonds is 4. The lowest BCUT2D eigenvalue weighted by Crippen LogP contribution is -2.55. The summed E-state index contributed by atoms with van der Waals surface area (Å²) in [6.07, 6.45) is -2.53. The number of Topliss-reactive ketones (excluding diaryl/α,β-unsaturated/α-hetero) is 1. The Hall–Kier alpha value is -2.90. The maximum atomic E-state index is 14.5. The number of fused-ring (bicyclic) bond motifs is 2. The Morgan fingerprint density at radius 1 is 0.969 bits per heavy atom. The highest BCUT2D eigenvalue weighted by Gasteiger charge is 2.45. The van der Waals surface area contributed by atoms with E-state index in [0.717, 1.165) is 24.1 Å². The van der Waals surface area contributed by atoms with Crippen LogP contribution in [0.25, 0.3) is 0 Å². The van der Waals surface area contributed by atoms with Gasteiger partial charge in [0, 0.05) is 18.0 Å². The second-order valence-corrected chi connectivity index (χ2v) is 8.38. The van der Waals surface area contributed by atoms with Crippen molar-refractivity contribution in [2.24, 2.45) is 5.92 Å². The van der Waals surface area contributed by atoms with Crippen molar-refractivity contribution in [2.75, 3.05) is 0 Å². The fourth-order valence-corrected chi connectivity index (χ4v) is 4.85. The Morgan fingerprint density at radius 3 is 2.25 bits per heavy atom. The summed E-state index contributed by atoms with van der Waals surface area (Å²) >= 11 is 0. The van der Waals surface area contributed by atoms with Gasteiger partial charge in [0.2, 0.25) is 0 Å². The summed E-state index contributed by atoms with van der Waals surface area (Å²) in [6, 6.07) is 11.5. The summed E-state index contributed by atoms with van der Waals surface area (Å²) < 4.78 is 59.1. The first-order valence-electron chi connectivity index (χ1n) is 10.6. The molecular formula is C24H23F4NO3. The Morgan fingerprint density at radius 2 is 1.62 bits per heavy atom. The molecule has 2 aromatic carbocycles. The minimum atomic E-state index is -4.87. The summed E-state index contributed by atoms with van der Waals surface area (Å²) in [5, 5.41) is 0. The zero-order chi connectivity index (χ0) is 22.9. The van der Waals surface area contributed by atoms with Crippen LogP contribution in [0.2, 0.25) is 0 Å². The molecule has 2 unspecified atom stereocenters. The maximum Gasteiger partial charge on any atom is 0.419 e. The molecule has 0 saturated carbocycles. The van der Waals surface area contributed by atoms with Gasteiger partial charge in [0.25, 0.3) is 0 Å². The zero-order valence-corrected chi connectivity index (χ0v) is 17.3. The van der Waals surface area contributed by atoms with Gasteiger partial charge in [0.15, 0.2) is 5.78 Å². The number of alkyl halides is 3. The van der Waals surface area contributed by atoms with Crippen LogP contribution >= 0.6 is 0 Å². The van der Waals surface area contributed by atoms with Crippen LogP contribution in [-0.4, -0.2) is 28.9 Å². The van der Waals surface area contributed by atoms with Crippen molar-refractivity contribution in [1.29, 1.82) is 0 Å². The third kappa shape index (κ3) is 4.49. The molecule has 0 aromatic heterocycles. The smallest absolute Gasteiger partial charge is 0.419 e. The number of hydrogen-bond acceptors (Lipinski definition) is 3. The molecule has 8 heteroatoms. The van der Waals surface area contributed by atoms with Gasteiger partial charge in [-0.15, -0.1) is 0 Å². The first-order chi connectivity index (χ1) is 15.3. The fraction of sp³-hybridized carbons (Fsp3) is 0.417. The van der Waals surface area contributed by atoms with Crippen molar-refractivity contribution in [1.82, 2.24) is 4.90 Å². The summed E-state index contributed by atoms with van der Waals surface area (Å²) in [5.74, 6) is -2.80. The second-order valence-electron chi connectivity index (χ2n) is 8.38. The van der Waals surface area contributed by atoms with Crippen molar-refractivity contribution in [3.05, 3.63) is 71.0 Å². The molecule has 0 aliphatic carbocycles. The predicted molar refractivity (Wildman–Crippen MR) is 108 cm³/mol. The number of hydrogen-bond donors (Lipinski definition) is 0. The van der Waals surface area contributed by atoms with Gasteiger partial charge in [-0.3, -0.25) is 4.79 Å². The molecule has 2 aliphatic rings. The van der Waals surface area contributed by atoms with Crippen LogP contribution in [0.3, 0.4) is 0 Å². The van der Waals surface area contributed by atoms with E-state index in [1.54, 1.807) is 4.90 Å². The van der Waals surface area contributed by atoms with Crippen LogP contribution in [0.4, 0.5) is 22.4 Å². The lowest BCUT2D eigenvalue weighted by atomic mass is 9.75. The number of amides is 1. The van der Waals surface area contributed by atoms with E-state index >= 15 is 0 Å². The lowest BCUT2D eigenvalue weighted by Gasteiger charge is -2.47. The van der Waals surface area contributed by atoms with E-state index in [2.05, 4.69) is 0 Å². The van der Waals surface area contributed by atoms with Gasteiger partial charge in [-0.05, 0) is 49.8 Å². The monoisotopic (exact) mass is 449 g/mol. The van der Waals surface area contributed by atoms with E-state index in [0.29, 0.717) is 18.9 Å². The molecule has 2 bridgehead atoms. The van der Waals surface area contributed by atoms with Gasteiger partial charge in [-0.25, -0.2) is 9.18 Å². The van der Waals surface area contributed by atoms with Crippen LogP contribution < -0.4 is 0 Å². The first-order valence-corrected chi connectivity index (χ1v) is 10.6. The van der Waals surface area contributed by atoms with Gasteiger partial charge in [0.05, 0.1) is 11.1 Å². The van der Waals surface area contributed by atoms with Gasteiger partial charge in [-0.2, -0.15) is 13.2 Å². The van der Waals surface area contributed by atoms with Crippen molar-refractivity contribution >= 4 is 11.9 Å². The van der Waals surface area contributed by atoms with Crippen molar-refractivity contribution in [3.63, 3.8) is 0 Å². The van der Waals surface area contributed by atoms with E-state index in [1.807, 2.05) is 30.3 Å². The average Bonchev–Trinajstić information content (AvgIpc) is 2.76. The van der Waals surface area contributed by atoms with Gasteiger partial charge in [-0.1, -0.05) is 36.4 Å². The fourth-order valence-electron chi connectivity index (χ4n) is 4.85. The molecule has 170 valence electrons. The summed E-state index contributed by atoms with van der Waals surface area (Å²) in [7, 11) is 0. The molecule has 32 heavy (non-hydrogen) atoms. The summed E-state index contributed by atoms with van der Waals surface area (Å²) in [5.41, 5.74) is -1.12. The SMILES string of the molecule is O=C(c1cccc(C(F)(F)F)c1F)C1CC2CCCC(C1)N2C(=O)OCc1ccccc1. The highest BCUT2D eigenvalue weighted by atomic mass is 19.4. The number of ketones is 1. The molecule has 2 aliphatic heterocycles. The first kappa shape index (κ1) is 22.3. The maximum absolute atomic E-state index is 14.5. The number of piperidine rings is 2. The van der Waals surface area contributed by atoms with E-state index in [-0.39, 0.29) is 31.5 Å². The quantitative estimate of drug-likeness (QED) is 0.425. The van der Waals surface area contributed by atoms with Crippen molar-refractivity contribution in [2.45, 2.75) is 57.0 Å². The average molecular weight is 449 g/mol. The van der Waals surface area contributed by atoms with Crippen LogP contribution in [0.1, 0.15) is 53.6 Å². The van der Waals surface area contributed by atoms with Gasteiger partial charge in [0.1, 0.15) is 12.4 Å². The molecule has 2 fully saturated rings. The van der Waals surface area contributed by atoms with Crippen LogP contribution in [0.15, 0.2) is 48.5 Å². The largest absolute Gasteiger partial charge is 0.445 e. The molecule has 2 saturated heterocycles. The lowest BCUT2D eigenvalue weighted by molar-refractivity contribution is -0.140. The van der Waals surface area contributed by atoms with Crippen molar-refractivity contribution < 1.29 is 31.9 Å². The number of benzene rings is 2. The summed E-state index contributed by atoms with van der Waals surface area (Å²) in [4.78, 5) is 27.4. The number of halogens is 4. The topological polar surface area (TPSA) is 46.6 Å². The van der Waals surface area contributed by atoms with E-state index < -0.39 is 40.9 Å². The summed E-state index contributed by atoms with van der Waals surface area (Å²) in [6.45, 7) is 0.132. The van der Waals surface area contributed by atoms with Crippen molar-refractivity contribution in [3.8, 4) is 0 Å². The minimum absolute atomic E-state index is 0.132. The number of carbonyl (C=O) groups excluding carboxylic acids is 2. The minimum Gasteiger partial charge on any atom is -0.445 e. The molecule has 0 N–H and O–H groups in total. The third-order valence-electron chi connectivity index (χ3n) is 6.33. The standard InChI is InChI=1S/C24H23F4NO3/c25-21-19(10-5-11-20(21)24(26,27)28)22(30)16-12-17-8-4-9-18(13-16)29(17)23(31)32-14-15-6-2-1-3-7-15/h1-3,5-7,10-11,16-18H,4,8-9,12-14H2. The Bertz CT molecular complexity index is 978. The zero-order valence-electron chi connectivity index (χ0n) is 17.3. The molecule has 4 rings (SSSR count). The van der Waals surface area contributed by atoms with E-state index in [1.165, 1.54) is 0 Å². The molecule has 1 amide bonds. The van der Waals surface area contributed by atoms with E-state index in [4.69, 9.17) is 4.74 Å². The molecule has 4 nitrogen and oxygen atoms in total. The normalized spacial score (nSPS) is 23.0. The number of ether oxygens (including phenoxy) is 1. The second kappa shape index (κ2) is 8.92. The van der Waals surface area contributed by atoms with Crippen LogP contribution in [-0.2, 0) is 17.5 Å². The molecule has 2 heterocycles. The highest BCUT2D eigenvalue weighted by Crippen LogP contribution is 2.40. The Balaban J connectivity index is 1.48. The molecule has 2 atom stereocenters. The van der Waals surface area contributed by atoms with Gasteiger partial charge < -0.3 is 9.64 Å². The van der Waals surface area contributed by atoms with Gasteiger partial charge >= 0.3 is 12.3 Å². The number of carbonyl (C=O) groups is 2. The van der Waals surface area contributed by atoms with E-state index in [9.17, 15) is 27.2 Å². The number of nitrogens with zero attached hydrogens (tertiary/aromatic N) is 1. The highest BCUT2D eigenvalue weighted by molar-refractivity contribution is 5.98. The molecule has 2 aromatic rings. The molecule has 0 radical (unpaired) electrons. The molecular weight excluding hydrogens is 426 g/mol. The van der Waals surface area contributed by atoms with Crippen LogP contribution in [0.5, 0.6) is 0 Å². The molecule has 0 spiro atoms. The van der Waals surface area contributed by atoms with Crippen LogP contribution in [0, 0.1) is 11.7 Å². The Labute approximate surface area is 183 Å². The third-order valence-corrected chi connectivity index (χ3v) is 6.33. The predicted octanol–water partition coefficient (Wildman–Crippen LogP) is 6.00.